The summed E-state index contributed by atoms with van der Waals surface area (Å²) in [5.41, 5.74) is 1.73. The summed E-state index contributed by atoms with van der Waals surface area (Å²) >= 11 is 0. The van der Waals surface area contributed by atoms with E-state index in [-0.39, 0.29) is 17.4 Å². The zero-order valence-electron chi connectivity index (χ0n) is 19.0. The molecule has 5 nitrogen and oxygen atoms in total. The Balaban J connectivity index is 1.82. The third-order valence-electron chi connectivity index (χ3n) is 6.20. The predicted molar refractivity (Wildman–Crippen MR) is 126 cm³/mol. The van der Waals surface area contributed by atoms with Crippen LogP contribution in [0.4, 0.5) is 10.1 Å². The number of nitrogens with zero attached hydrogens (tertiary/aromatic N) is 1. The first-order valence-electron chi connectivity index (χ1n) is 11.5. The first-order valence-corrected chi connectivity index (χ1v) is 11.5. The maximum Gasteiger partial charge on any atom is 0.294 e. The fraction of sp³-hybridized carbons (Fsp3) is 0.333. The molecule has 0 bridgehead atoms. The van der Waals surface area contributed by atoms with Gasteiger partial charge in [0.25, 0.3) is 5.91 Å². The molecule has 0 aliphatic heterocycles. The van der Waals surface area contributed by atoms with Crippen molar-refractivity contribution in [2.45, 2.75) is 57.5 Å². The van der Waals surface area contributed by atoms with Crippen LogP contribution in [0.5, 0.6) is 0 Å². The van der Waals surface area contributed by atoms with E-state index in [0.717, 1.165) is 31.2 Å². The highest BCUT2D eigenvalue weighted by Crippen LogP contribution is 2.33. The van der Waals surface area contributed by atoms with Crippen molar-refractivity contribution in [1.29, 1.82) is 0 Å². The van der Waals surface area contributed by atoms with E-state index in [1.54, 1.807) is 42.5 Å². The SMILES string of the molecule is CC(C)c1ccc(N(C(=O)c2ccco2)[C@H](C(=O)NC2CCCC2)c2ccccc2F)cc1. The zero-order valence-corrected chi connectivity index (χ0v) is 19.0. The van der Waals surface area contributed by atoms with Crippen LogP contribution in [-0.2, 0) is 4.79 Å². The van der Waals surface area contributed by atoms with Crippen molar-refractivity contribution in [2.24, 2.45) is 0 Å². The summed E-state index contributed by atoms with van der Waals surface area (Å²) in [5.74, 6) is -1.06. The molecule has 1 aliphatic rings. The van der Waals surface area contributed by atoms with Crippen LogP contribution < -0.4 is 10.2 Å². The Labute approximate surface area is 193 Å². The number of carbonyl (C=O) groups excluding carboxylic acids is 2. The molecule has 33 heavy (non-hydrogen) atoms. The number of carbonyl (C=O) groups is 2. The number of hydrogen-bond donors (Lipinski definition) is 1. The van der Waals surface area contributed by atoms with Crippen molar-refractivity contribution in [3.63, 3.8) is 0 Å². The maximum absolute atomic E-state index is 15.0. The second kappa shape index (κ2) is 10.0. The molecule has 1 fully saturated rings. The molecule has 0 radical (unpaired) electrons. The maximum atomic E-state index is 15.0. The number of halogens is 1. The minimum atomic E-state index is -1.19. The summed E-state index contributed by atoms with van der Waals surface area (Å²) < 4.78 is 20.4. The van der Waals surface area contributed by atoms with Crippen LogP contribution in [-0.4, -0.2) is 17.9 Å². The van der Waals surface area contributed by atoms with Gasteiger partial charge in [-0.25, -0.2) is 4.39 Å². The predicted octanol–water partition coefficient (Wildman–Crippen LogP) is 5.99. The molecule has 0 saturated heterocycles. The molecule has 1 atom stereocenters. The van der Waals surface area contributed by atoms with Crippen LogP contribution in [0, 0.1) is 5.82 Å². The van der Waals surface area contributed by atoms with Crippen LogP contribution in [0.1, 0.15) is 73.2 Å². The van der Waals surface area contributed by atoms with Gasteiger partial charge in [-0.2, -0.15) is 0 Å². The first kappa shape index (κ1) is 22.8. The molecule has 1 saturated carbocycles. The lowest BCUT2D eigenvalue weighted by Gasteiger charge is -2.32. The van der Waals surface area contributed by atoms with Gasteiger partial charge < -0.3 is 9.73 Å². The van der Waals surface area contributed by atoms with E-state index in [1.165, 1.54) is 17.2 Å². The minimum Gasteiger partial charge on any atom is -0.459 e. The molecule has 3 aromatic rings. The van der Waals surface area contributed by atoms with Gasteiger partial charge in [-0.3, -0.25) is 14.5 Å². The molecule has 1 aliphatic carbocycles. The Hall–Kier alpha value is -3.41. The van der Waals surface area contributed by atoms with Gasteiger partial charge in [0.05, 0.1) is 6.26 Å². The van der Waals surface area contributed by atoms with Gasteiger partial charge in [0, 0.05) is 17.3 Å². The van der Waals surface area contributed by atoms with E-state index >= 15 is 4.39 Å². The molecular weight excluding hydrogens is 419 g/mol. The molecule has 2 aromatic carbocycles. The Bertz CT molecular complexity index is 1090. The Morgan fingerprint density at radius 1 is 1.00 bits per heavy atom. The number of amides is 2. The summed E-state index contributed by atoms with van der Waals surface area (Å²) in [7, 11) is 0. The molecule has 1 heterocycles. The van der Waals surface area contributed by atoms with E-state index < -0.39 is 23.7 Å². The van der Waals surface area contributed by atoms with Gasteiger partial charge in [0.15, 0.2) is 5.76 Å². The van der Waals surface area contributed by atoms with Crippen LogP contribution >= 0.6 is 0 Å². The van der Waals surface area contributed by atoms with Crippen molar-refractivity contribution in [1.82, 2.24) is 5.32 Å². The van der Waals surface area contributed by atoms with Gasteiger partial charge >= 0.3 is 0 Å². The van der Waals surface area contributed by atoms with E-state index in [9.17, 15) is 9.59 Å². The van der Waals surface area contributed by atoms with E-state index in [1.807, 2.05) is 12.1 Å². The zero-order chi connectivity index (χ0) is 23.4. The highest BCUT2D eigenvalue weighted by Gasteiger charge is 2.37. The molecule has 1 N–H and O–H groups in total. The fourth-order valence-electron chi connectivity index (χ4n) is 4.37. The number of hydrogen-bond acceptors (Lipinski definition) is 3. The lowest BCUT2D eigenvalue weighted by atomic mass is 9.99. The number of nitrogens with one attached hydrogen (secondary N) is 1. The normalized spacial score (nSPS) is 14.9. The molecule has 0 unspecified atom stereocenters. The monoisotopic (exact) mass is 448 g/mol. The lowest BCUT2D eigenvalue weighted by Crippen LogP contribution is -2.46. The Kier molecular flexibility index (Phi) is 6.92. The van der Waals surface area contributed by atoms with Crippen molar-refractivity contribution in [3.8, 4) is 0 Å². The van der Waals surface area contributed by atoms with Gasteiger partial charge in [0.1, 0.15) is 11.9 Å². The highest BCUT2D eigenvalue weighted by atomic mass is 19.1. The summed E-state index contributed by atoms with van der Waals surface area (Å²) in [6.07, 6.45) is 5.25. The average Bonchev–Trinajstić information content (AvgIpc) is 3.52. The molecule has 172 valence electrons. The van der Waals surface area contributed by atoms with Gasteiger partial charge in [-0.05, 0) is 54.7 Å². The standard InChI is InChI=1S/C27H29FN2O3/c1-18(2)19-13-15-21(16-14-19)30(27(32)24-12-7-17-33-24)25(22-10-5-6-11-23(22)28)26(31)29-20-8-3-4-9-20/h5-7,10-18,20,25H,3-4,8-9H2,1-2H3,(H,29,31)/t25-/m0/s1. The smallest absolute Gasteiger partial charge is 0.294 e. The second-order valence-electron chi connectivity index (χ2n) is 8.81. The summed E-state index contributed by atoms with van der Waals surface area (Å²) in [6.45, 7) is 4.16. The van der Waals surface area contributed by atoms with E-state index in [0.29, 0.717) is 11.6 Å². The number of anilines is 1. The number of benzene rings is 2. The first-order chi connectivity index (χ1) is 16.0. The summed E-state index contributed by atoms with van der Waals surface area (Å²) in [4.78, 5) is 28.6. The highest BCUT2D eigenvalue weighted by molar-refractivity contribution is 6.08. The minimum absolute atomic E-state index is 0.0238. The third kappa shape index (κ3) is 5.00. The molecule has 4 rings (SSSR count). The Morgan fingerprint density at radius 2 is 1.70 bits per heavy atom. The van der Waals surface area contributed by atoms with Crippen LogP contribution in [0.2, 0.25) is 0 Å². The lowest BCUT2D eigenvalue weighted by molar-refractivity contribution is -0.123. The van der Waals surface area contributed by atoms with E-state index in [4.69, 9.17) is 4.42 Å². The Morgan fingerprint density at radius 3 is 2.30 bits per heavy atom. The van der Waals surface area contributed by atoms with Crippen LogP contribution in [0.3, 0.4) is 0 Å². The van der Waals surface area contributed by atoms with Crippen LogP contribution in [0.15, 0.2) is 71.3 Å². The number of rotatable bonds is 7. The third-order valence-corrected chi connectivity index (χ3v) is 6.20. The van der Waals surface area contributed by atoms with Crippen molar-refractivity contribution in [2.75, 3.05) is 4.90 Å². The van der Waals surface area contributed by atoms with Gasteiger partial charge in [0.2, 0.25) is 5.91 Å². The van der Waals surface area contributed by atoms with Gasteiger partial charge in [-0.1, -0.05) is 57.0 Å². The summed E-state index contributed by atoms with van der Waals surface area (Å²) in [6, 6.07) is 15.6. The molecule has 6 heteroatoms. The molecular formula is C27H29FN2O3. The number of furan rings is 1. The molecule has 0 spiro atoms. The van der Waals surface area contributed by atoms with Crippen molar-refractivity contribution < 1.29 is 18.4 Å². The average molecular weight is 449 g/mol. The van der Waals surface area contributed by atoms with E-state index in [2.05, 4.69) is 19.2 Å². The quantitative estimate of drug-likeness (QED) is 0.483. The topological polar surface area (TPSA) is 62.6 Å². The van der Waals surface area contributed by atoms with Gasteiger partial charge in [-0.15, -0.1) is 0 Å². The second-order valence-corrected chi connectivity index (χ2v) is 8.81. The summed E-state index contributed by atoms with van der Waals surface area (Å²) in [5, 5.41) is 3.05. The molecule has 1 aromatic heterocycles. The largest absolute Gasteiger partial charge is 0.459 e. The van der Waals surface area contributed by atoms with Crippen molar-refractivity contribution in [3.05, 3.63) is 89.6 Å². The fourth-order valence-corrected chi connectivity index (χ4v) is 4.37. The van der Waals surface area contributed by atoms with Crippen LogP contribution in [0.25, 0.3) is 0 Å². The van der Waals surface area contributed by atoms with Crippen molar-refractivity contribution >= 4 is 17.5 Å². The molecule has 2 amide bonds.